The smallest absolute Gasteiger partial charge is 0.337 e. The molecule has 2 aromatic rings. The Morgan fingerprint density at radius 3 is 2.29 bits per heavy atom. The van der Waals surface area contributed by atoms with Crippen LogP contribution in [0.2, 0.25) is 0 Å². The van der Waals surface area contributed by atoms with Gasteiger partial charge >= 0.3 is 5.97 Å². The average Bonchev–Trinajstić information content (AvgIpc) is 2.37. The first kappa shape index (κ1) is 15.4. The molecule has 21 heavy (non-hydrogen) atoms. The fourth-order valence-corrected chi connectivity index (χ4v) is 3.55. The molecule has 0 aromatic heterocycles. The zero-order valence-electron chi connectivity index (χ0n) is 12.1. The van der Waals surface area contributed by atoms with Crippen LogP contribution in [0.3, 0.4) is 0 Å². The summed E-state index contributed by atoms with van der Waals surface area (Å²) in [5.41, 5.74) is 3.41. The molecule has 110 valence electrons. The van der Waals surface area contributed by atoms with Crippen LogP contribution < -0.4 is 4.72 Å². The zero-order valence-corrected chi connectivity index (χ0v) is 13.0. The monoisotopic (exact) mass is 303 g/mol. The van der Waals surface area contributed by atoms with Gasteiger partial charge in [0.2, 0.25) is 0 Å². The van der Waals surface area contributed by atoms with Crippen LogP contribution >= 0.6 is 0 Å². The topological polar surface area (TPSA) is 72.4 Å². The summed E-state index contributed by atoms with van der Waals surface area (Å²) in [6.45, 7) is 5.79. The largest absolute Gasteiger partial charge is 0.588 e. The summed E-state index contributed by atoms with van der Waals surface area (Å²) in [4.78, 5) is 11.9. The summed E-state index contributed by atoms with van der Waals surface area (Å²) < 4.78 is 15.3. The van der Waals surface area contributed by atoms with E-state index in [0.29, 0.717) is 10.6 Å². The van der Waals surface area contributed by atoms with Crippen LogP contribution in [-0.2, 0) is 11.4 Å². The minimum absolute atomic E-state index is 0.105. The molecule has 2 N–H and O–H groups in total. The van der Waals surface area contributed by atoms with Gasteiger partial charge in [0.05, 0.1) is 11.3 Å². The molecule has 0 heterocycles. The van der Waals surface area contributed by atoms with Crippen molar-refractivity contribution in [3.63, 3.8) is 0 Å². The number of aryl methyl sites for hydroxylation is 3. The Kier molecular flexibility index (Phi) is 4.55. The maximum atomic E-state index is 12.5. The first-order valence-electron chi connectivity index (χ1n) is 6.48. The third-order valence-electron chi connectivity index (χ3n) is 3.15. The Labute approximate surface area is 127 Å². The molecule has 0 saturated carbocycles. The molecule has 0 amide bonds. The third-order valence-corrected chi connectivity index (χ3v) is 4.57. The van der Waals surface area contributed by atoms with Gasteiger partial charge in [-0.25, -0.2) is 9.52 Å². The lowest BCUT2D eigenvalue weighted by Crippen LogP contribution is -2.17. The molecule has 0 radical (unpaired) electrons. The Balaban J connectivity index is 2.35. The molecule has 0 unspecified atom stereocenters. The molecule has 0 fully saturated rings. The maximum absolute atomic E-state index is 12.5. The molecule has 2 aromatic carbocycles. The fraction of sp³-hybridized carbons (Fsp3) is 0.188. The fourth-order valence-electron chi connectivity index (χ4n) is 2.37. The van der Waals surface area contributed by atoms with E-state index in [1.165, 1.54) is 6.07 Å². The third kappa shape index (κ3) is 3.37. The summed E-state index contributed by atoms with van der Waals surface area (Å²) in [6.07, 6.45) is 0. The maximum Gasteiger partial charge on any atom is 0.337 e. The van der Waals surface area contributed by atoms with E-state index in [1.807, 2.05) is 32.9 Å². The van der Waals surface area contributed by atoms with Crippen molar-refractivity contribution < 1.29 is 14.5 Å². The van der Waals surface area contributed by atoms with E-state index in [0.717, 1.165) is 16.7 Å². The van der Waals surface area contributed by atoms with Crippen molar-refractivity contribution in [2.24, 2.45) is 0 Å². The highest BCUT2D eigenvalue weighted by Gasteiger charge is 2.21. The molecule has 5 heteroatoms. The number of carbonyl (C=O) groups is 1. The SMILES string of the molecule is Cc1cc(C)c([S@@+]([O-])Nc2ccccc2C(=O)O)c(C)c1. The van der Waals surface area contributed by atoms with Crippen LogP contribution in [0.5, 0.6) is 0 Å². The van der Waals surface area contributed by atoms with Crippen LogP contribution in [0.1, 0.15) is 27.0 Å². The van der Waals surface area contributed by atoms with Gasteiger partial charge in [-0.05, 0) is 32.9 Å². The Bertz CT molecular complexity index is 662. The highest BCUT2D eigenvalue weighted by molar-refractivity contribution is 7.92. The van der Waals surface area contributed by atoms with Crippen LogP contribution in [0, 0.1) is 20.8 Å². The van der Waals surface area contributed by atoms with Gasteiger partial charge in [-0.1, -0.05) is 29.8 Å². The Morgan fingerprint density at radius 2 is 1.71 bits per heavy atom. The normalized spacial score (nSPS) is 12.0. The number of rotatable bonds is 4. The van der Waals surface area contributed by atoms with E-state index >= 15 is 0 Å². The molecule has 0 bridgehead atoms. The van der Waals surface area contributed by atoms with Gasteiger partial charge < -0.3 is 9.66 Å². The van der Waals surface area contributed by atoms with E-state index in [4.69, 9.17) is 5.11 Å². The van der Waals surface area contributed by atoms with E-state index < -0.39 is 17.3 Å². The van der Waals surface area contributed by atoms with Gasteiger partial charge in [0, 0.05) is 11.1 Å². The van der Waals surface area contributed by atoms with E-state index in [9.17, 15) is 9.35 Å². The Morgan fingerprint density at radius 1 is 1.14 bits per heavy atom. The molecule has 0 aliphatic carbocycles. The van der Waals surface area contributed by atoms with Crippen LogP contribution in [0.25, 0.3) is 0 Å². The lowest BCUT2D eigenvalue weighted by atomic mass is 10.1. The number of hydrogen-bond acceptors (Lipinski definition) is 3. The van der Waals surface area contributed by atoms with Crippen molar-refractivity contribution in [2.45, 2.75) is 25.7 Å². The van der Waals surface area contributed by atoms with Gasteiger partial charge in [0.15, 0.2) is 4.90 Å². The van der Waals surface area contributed by atoms with Gasteiger partial charge in [0.1, 0.15) is 11.4 Å². The first-order chi connectivity index (χ1) is 9.90. The number of nitrogens with one attached hydrogen (secondary N) is 1. The molecule has 0 spiro atoms. The summed E-state index contributed by atoms with van der Waals surface area (Å²) in [7, 11) is 0. The number of hydrogen-bond donors (Lipinski definition) is 2. The second-order valence-corrected chi connectivity index (χ2v) is 6.10. The van der Waals surface area contributed by atoms with Gasteiger partial charge in [-0.2, -0.15) is 0 Å². The van der Waals surface area contributed by atoms with Crippen molar-refractivity contribution in [3.05, 3.63) is 58.7 Å². The molecule has 1 atom stereocenters. The molecule has 0 aliphatic heterocycles. The minimum Gasteiger partial charge on any atom is -0.588 e. The van der Waals surface area contributed by atoms with Crippen LogP contribution in [0.4, 0.5) is 5.69 Å². The number of para-hydroxylation sites is 1. The van der Waals surface area contributed by atoms with Gasteiger partial charge in [-0.3, -0.25) is 0 Å². The van der Waals surface area contributed by atoms with E-state index in [-0.39, 0.29) is 5.56 Å². The van der Waals surface area contributed by atoms with Crippen molar-refractivity contribution in [1.82, 2.24) is 0 Å². The lowest BCUT2D eigenvalue weighted by molar-refractivity contribution is 0.0698. The second kappa shape index (κ2) is 6.20. The summed E-state index contributed by atoms with van der Waals surface area (Å²) in [5, 5.41) is 9.16. The van der Waals surface area contributed by atoms with Crippen LogP contribution in [-0.4, -0.2) is 15.6 Å². The predicted octanol–water partition coefficient (Wildman–Crippen LogP) is 3.44. The zero-order chi connectivity index (χ0) is 15.6. The molecule has 0 aliphatic rings. The number of anilines is 1. The van der Waals surface area contributed by atoms with Gasteiger partial charge in [-0.15, -0.1) is 0 Å². The highest BCUT2D eigenvalue weighted by Crippen LogP contribution is 2.25. The minimum atomic E-state index is -1.51. The molecular weight excluding hydrogens is 286 g/mol. The highest BCUT2D eigenvalue weighted by atomic mass is 32.2. The molecular formula is C16H17NO3S. The first-order valence-corrected chi connectivity index (χ1v) is 7.63. The second-order valence-electron chi connectivity index (χ2n) is 4.95. The van der Waals surface area contributed by atoms with Crippen molar-refractivity contribution in [2.75, 3.05) is 4.72 Å². The number of benzene rings is 2. The van der Waals surface area contributed by atoms with Crippen molar-refractivity contribution >= 4 is 23.0 Å². The number of carboxylic acid groups (broad SMARTS) is 1. The molecule has 4 nitrogen and oxygen atoms in total. The summed E-state index contributed by atoms with van der Waals surface area (Å²) in [5.74, 6) is -1.05. The summed E-state index contributed by atoms with van der Waals surface area (Å²) in [6, 6.07) is 10.4. The lowest BCUT2D eigenvalue weighted by Gasteiger charge is -2.17. The quantitative estimate of drug-likeness (QED) is 0.849. The average molecular weight is 303 g/mol. The number of carboxylic acids is 1. The Hall–Kier alpha value is -1.98. The van der Waals surface area contributed by atoms with E-state index in [1.54, 1.807) is 18.2 Å². The van der Waals surface area contributed by atoms with Gasteiger partial charge in [0.25, 0.3) is 0 Å². The molecule has 0 saturated heterocycles. The van der Waals surface area contributed by atoms with Crippen molar-refractivity contribution in [1.29, 1.82) is 0 Å². The number of aromatic carboxylic acids is 1. The van der Waals surface area contributed by atoms with E-state index in [2.05, 4.69) is 4.72 Å². The summed E-state index contributed by atoms with van der Waals surface area (Å²) >= 11 is -1.51. The van der Waals surface area contributed by atoms with Crippen molar-refractivity contribution in [3.8, 4) is 0 Å². The standard InChI is InChI=1S/C16H17NO3S/c1-10-8-11(2)15(12(3)9-10)21(20)17-14-7-5-4-6-13(14)16(18)19/h4-9,17H,1-3H3,(H,18,19)/t21-/m1/s1. The predicted molar refractivity (Wildman–Crippen MR) is 84.1 cm³/mol. The molecule has 2 rings (SSSR count). The van der Waals surface area contributed by atoms with Crippen LogP contribution in [0.15, 0.2) is 41.3 Å².